The van der Waals surface area contributed by atoms with Crippen LogP contribution in [-0.2, 0) is 6.61 Å². The topological polar surface area (TPSA) is 63.6 Å². The number of benzene rings is 3. The first-order chi connectivity index (χ1) is 15.1. The van der Waals surface area contributed by atoms with Crippen LogP contribution in [0.4, 0.5) is 4.39 Å². The van der Waals surface area contributed by atoms with Crippen LogP contribution in [0.15, 0.2) is 88.4 Å². The molecule has 1 heterocycles. The minimum atomic E-state index is -0.401. The summed E-state index contributed by atoms with van der Waals surface area (Å²) >= 11 is 3.46. The standard InChI is InChI=1S/C24H17BrFN3O2/c25-21-11-10-20(31-15-16-5-8-19(26)9-6-16)13-18(21)14-27-29-24(30)23-12-7-17-3-1-2-4-22(17)28-23/h1-14H,15H2,(H,29,30). The lowest BCUT2D eigenvalue weighted by Gasteiger charge is -2.08. The second-order valence-corrected chi connectivity index (χ2v) is 7.54. The van der Waals surface area contributed by atoms with E-state index in [4.69, 9.17) is 4.74 Å². The number of rotatable bonds is 6. The molecule has 0 aliphatic rings. The Labute approximate surface area is 186 Å². The van der Waals surface area contributed by atoms with Gasteiger partial charge in [0.05, 0.1) is 11.7 Å². The number of nitrogens with one attached hydrogen (secondary N) is 1. The number of pyridine rings is 1. The number of hydrazone groups is 1. The number of halogens is 2. The van der Waals surface area contributed by atoms with Crippen molar-refractivity contribution in [1.29, 1.82) is 0 Å². The Bertz CT molecular complexity index is 1260. The van der Waals surface area contributed by atoms with Crippen molar-refractivity contribution in [3.05, 3.63) is 106 Å². The van der Waals surface area contributed by atoms with Gasteiger partial charge in [-0.3, -0.25) is 4.79 Å². The number of carbonyl (C=O) groups excluding carboxylic acids is 1. The minimum Gasteiger partial charge on any atom is -0.489 e. The number of carbonyl (C=O) groups is 1. The lowest BCUT2D eigenvalue weighted by molar-refractivity contribution is 0.0950. The fraction of sp³-hybridized carbons (Fsp3) is 0.0417. The summed E-state index contributed by atoms with van der Waals surface area (Å²) in [7, 11) is 0. The Hall–Kier alpha value is -3.58. The zero-order valence-electron chi connectivity index (χ0n) is 16.3. The molecule has 7 heteroatoms. The lowest BCUT2D eigenvalue weighted by atomic mass is 10.2. The van der Waals surface area contributed by atoms with Crippen LogP contribution in [0.1, 0.15) is 21.6 Å². The molecule has 0 bridgehead atoms. The van der Waals surface area contributed by atoms with E-state index in [0.717, 1.165) is 26.5 Å². The molecule has 0 spiro atoms. The van der Waals surface area contributed by atoms with Crippen LogP contribution in [0.25, 0.3) is 10.9 Å². The van der Waals surface area contributed by atoms with Crippen molar-refractivity contribution in [2.75, 3.05) is 0 Å². The molecule has 1 amide bonds. The van der Waals surface area contributed by atoms with Crippen LogP contribution in [0.3, 0.4) is 0 Å². The maximum absolute atomic E-state index is 13.0. The van der Waals surface area contributed by atoms with Crippen LogP contribution < -0.4 is 10.2 Å². The van der Waals surface area contributed by atoms with E-state index >= 15 is 0 Å². The molecule has 0 radical (unpaired) electrons. The van der Waals surface area contributed by atoms with E-state index < -0.39 is 5.91 Å². The Kier molecular flexibility index (Phi) is 6.33. The van der Waals surface area contributed by atoms with Gasteiger partial charge in [0.25, 0.3) is 5.91 Å². The van der Waals surface area contributed by atoms with E-state index in [1.54, 1.807) is 24.3 Å². The molecule has 0 fully saturated rings. The first-order valence-corrected chi connectivity index (χ1v) is 10.2. The fourth-order valence-electron chi connectivity index (χ4n) is 2.87. The summed E-state index contributed by atoms with van der Waals surface area (Å²) < 4.78 is 19.6. The predicted octanol–water partition coefficient (Wildman–Crippen LogP) is 5.48. The molecular weight excluding hydrogens is 461 g/mol. The average Bonchev–Trinajstić information content (AvgIpc) is 2.80. The molecule has 4 rings (SSSR count). The SMILES string of the molecule is O=C(NN=Cc1cc(OCc2ccc(F)cc2)ccc1Br)c1ccc2ccccc2n1. The molecule has 0 saturated carbocycles. The Morgan fingerprint density at radius 2 is 1.87 bits per heavy atom. The van der Waals surface area contributed by atoms with Crippen LogP contribution in [0.2, 0.25) is 0 Å². The molecule has 31 heavy (non-hydrogen) atoms. The van der Waals surface area contributed by atoms with Gasteiger partial charge in [-0.1, -0.05) is 52.3 Å². The van der Waals surface area contributed by atoms with E-state index in [1.807, 2.05) is 42.5 Å². The van der Waals surface area contributed by atoms with Crippen molar-refractivity contribution < 1.29 is 13.9 Å². The summed E-state index contributed by atoms with van der Waals surface area (Å²) in [5.74, 6) is -0.0647. The van der Waals surface area contributed by atoms with Gasteiger partial charge in [0.15, 0.2) is 0 Å². The number of para-hydroxylation sites is 1. The summed E-state index contributed by atoms with van der Waals surface area (Å²) in [5, 5.41) is 5.00. The number of fused-ring (bicyclic) bond motifs is 1. The fourth-order valence-corrected chi connectivity index (χ4v) is 3.22. The van der Waals surface area contributed by atoms with Gasteiger partial charge < -0.3 is 4.74 Å². The van der Waals surface area contributed by atoms with Crippen molar-refractivity contribution in [3.63, 3.8) is 0 Å². The zero-order valence-corrected chi connectivity index (χ0v) is 17.8. The Morgan fingerprint density at radius 1 is 1.06 bits per heavy atom. The van der Waals surface area contributed by atoms with Crippen molar-refractivity contribution in [3.8, 4) is 5.75 Å². The normalized spacial score (nSPS) is 11.0. The zero-order chi connectivity index (χ0) is 21.6. The van der Waals surface area contributed by atoms with Gasteiger partial charge in [-0.05, 0) is 48.0 Å². The second kappa shape index (κ2) is 9.49. The summed E-state index contributed by atoms with van der Waals surface area (Å²) in [5.41, 5.74) is 5.10. The quantitative estimate of drug-likeness (QED) is 0.295. The molecule has 4 aromatic rings. The van der Waals surface area contributed by atoms with Gasteiger partial charge in [0.2, 0.25) is 0 Å². The number of amides is 1. The number of nitrogens with zero attached hydrogens (tertiary/aromatic N) is 2. The average molecular weight is 478 g/mol. The molecular formula is C24H17BrFN3O2. The molecule has 154 valence electrons. The smallest absolute Gasteiger partial charge is 0.289 e. The van der Waals surface area contributed by atoms with Gasteiger partial charge in [0.1, 0.15) is 23.9 Å². The largest absolute Gasteiger partial charge is 0.489 e. The third kappa shape index (κ3) is 5.32. The van der Waals surface area contributed by atoms with E-state index in [-0.39, 0.29) is 11.5 Å². The van der Waals surface area contributed by atoms with E-state index in [1.165, 1.54) is 18.3 Å². The van der Waals surface area contributed by atoms with Crippen LogP contribution in [0.5, 0.6) is 5.75 Å². The lowest BCUT2D eigenvalue weighted by Crippen LogP contribution is -2.19. The predicted molar refractivity (Wildman–Crippen MR) is 122 cm³/mol. The van der Waals surface area contributed by atoms with Gasteiger partial charge in [0, 0.05) is 15.4 Å². The van der Waals surface area contributed by atoms with E-state index in [0.29, 0.717) is 12.4 Å². The summed E-state index contributed by atoms with van der Waals surface area (Å²) in [6, 6.07) is 22.6. The van der Waals surface area contributed by atoms with E-state index in [9.17, 15) is 9.18 Å². The molecule has 1 aromatic heterocycles. The van der Waals surface area contributed by atoms with E-state index in [2.05, 4.69) is 31.4 Å². The minimum absolute atomic E-state index is 0.284. The Balaban J connectivity index is 1.41. The highest BCUT2D eigenvalue weighted by Crippen LogP contribution is 2.22. The molecule has 0 aliphatic carbocycles. The first-order valence-electron chi connectivity index (χ1n) is 9.44. The molecule has 5 nitrogen and oxygen atoms in total. The number of hydrogen-bond donors (Lipinski definition) is 1. The molecule has 0 aliphatic heterocycles. The van der Waals surface area contributed by atoms with Crippen molar-refractivity contribution in [1.82, 2.24) is 10.4 Å². The molecule has 3 aromatic carbocycles. The van der Waals surface area contributed by atoms with Crippen molar-refractivity contribution in [2.24, 2.45) is 5.10 Å². The highest BCUT2D eigenvalue weighted by molar-refractivity contribution is 9.10. The van der Waals surface area contributed by atoms with Crippen LogP contribution in [-0.4, -0.2) is 17.1 Å². The molecule has 1 N–H and O–H groups in total. The maximum Gasteiger partial charge on any atom is 0.289 e. The summed E-state index contributed by atoms with van der Waals surface area (Å²) in [4.78, 5) is 16.7. The van der Waals surface area contributed by atoms with Gasteiger partial charge in [-0.25, -0.2) is 14.8 Å². The van der Waals surface area contributed by atoms with Crippen LogP contribution >= 0.6 is 15.9 Å². The maximum atomic E-state index is 13.0. The second-order valence-electron chi connectivity index (χ2n) is 6.69. The van der Waals surface area contributed by atoms with Gasteiger partial charge in [-0.2, -0.15) is 5.10 Å². The van der Waals surface area contributed by atoms with Crippen LogP contribution in [0, 0.1) is 5.82 Å². The summed E-state index contributed by atoms with van der Waals surface area (Å²) in [6.45, 7) is 0.308. The van der Waals surface area contributed by atoms with Crippen molar-refractivity contribution >= 4 is 39.0 Å². The molecule has 0 unspecified atom stereocenters. The highest BCUT2D eigenvalue weighted by Gasteiger charge is 2.07. The number of aromatic nitrogens is 1. The molecule has 0 saturated heterocycles. The Morgan fingerprint density at radius 3 is 2.71 bits per heavy atom. The number of ether oxygens (including phenoxy) is 1. The number of hydrogen-bond acceptors (Lipinski definition) is 4. The van der Waals surface area contributed by atoms with Crippen molar-refractivity contribution in [2.45, 2.75) is 6.61 Å². The third-order valence-corrected chi connectivity index (χ3v) is 5.21. The van der Waals surface area contributed by atoms with Gasteiger partial charge >= 0.3 is 0 Å². The van der Waals surface area contributed by atoms with Gasteiger partial charge in [-0.15, -0.1) is 0 Å². The first kappa shape index (κ1) is 20.7. The summed E-state index contributed by atoms with van der Waals surface area (Å²) in [6.07, 6.45) is 1.52. The third-order valence-electron chi connectivity index (χ3n) is 4.49. The molecule has 0 atom stereocenters. The monoisotopic (exact) mass is 477 g/mol. The highest BCUT2D eigenvalue weighted by atomic mass is 79.9.